The number of aromatic nitrogens is 1. The first-order chi connectivity index (χ1) is 10.1. The van der Waals surface area contributed by atoms with Crippen LogP contribution in [0.3, 0.4) is 0 Å². The zero-order valence-electron chi connectivity index (χ0n) is 13.2. The van der Waals surface area contributed by atoms with Crippen LogP contribution >= 0.6 is 11.3 Å². The number of hydrogen-bond acceptors (Lipinski definition) is 4. The molecule has 1 N–H and O–H groups in total. The van der Waals surface area contributed by atoms with Crippen LogP contribution in [0.1, 0.15) is 35.2 Å². The van der Waals surface area contributed by atoms with Gasteiger partial charge in [0.15, 0.2) is 0 Å². The zero-order valence-corrected chi connectivity index (χ0v) is 14.0. The molecular weight excluding hydrogens is 280 g/mol. The molecule has 1 aromatic carbocycles. The van der Waals surface area contributed by atoms with E-state index in [2.05, 4.69) is 43.2 Å². The van der Waals surface area contributed by atoms with Gasteiger partial charge in [-0.2, -0.15) is 0 Å². The lowest BCUT2D eigenvalue weighted by Gasteiger charge is -2.22. The minimum absolute atomic E-state index is 0.430. The maximum atomic E-state index is 5.20. The lowest BCUT2D eigenvalue weighted by Crippen LogP contribution is -2.32. The molecule has 4 heteroatoms. The summed E-state index contributed by atoms with van der Waals surface area (Å²) in [7, 11) is 1.70. The van der Waals surface area contributed by atoms with Gasteiger partial charge in [-0.05, 0) is 37.5 Å². The minimum atomic E-state index is 0.430. The van der Waals surface area contributed by atoms with Gasteiger partial charge >= 0.3 is 0 Å². The quantitative estimate of drug-likeness (QED) is 0.845. The topological polar surface area (TPSA) is 34.1 Å². The summed E-state index contributed by atoms with van der Waals surface area (Å²) in [6.07, 6.45) is 2.95. The number of thiazole rings is 1. The van der Waals surface area contributed by atoms with Gasteiger partial charge < -0.3 is 10.1 Å². The summed E-state index contributed by atoms with van der Waals surface area (Å²) in [5.74, 6) is 1.37. The van der Waals surface area contributed by atoms with Gasteiger partial charge in [0.25, 0.3) is 0 Å². The molecule has 3 nitrogen and oxygen atoms in total. The Balaban J connectivity index is 1.82. The van der Waals surface area contributed by atoms with Gasteiger partial charge in [-0.3, -0.25) is 0 Å². The van der Waals surface area contributed by atoms with Crippen LogP contribution < -0.4 is 10.1 Å². The first-order valence-corrected chi connectivity index (χ1v) is 8.20. The Bertz CT molecular complexity index is 550. The lowest BCUT2D eigenvalue weighted by molar-refractivity contribution is 0.414. The smallest absolute Gasteiger partial charge is 0.118 e. The fourth-order valence-corrected chi connectivity index (χ4v) is 3.08. The van der Waals surface area contributed by atoms with Crippen molar-refractivity contribution in [1.82, 2.24) is 10.3 Å². The van der Waals surface area contributed by atoms with E-state index in [0.29, 0.717) is 12.0 Å². The van der Waals surface area contributed by atoms with E-state index >= 15 is 0 Å². The van der Waals surface area contributed by atoms with Crippen LogP contribution in [-0.4, -0.2) is 24.7 Å². The Hall–Kier alpha value is -1.39. The van der Waals surface area contributed by atoms with Crippen molar-refractivity contribution in [2.24, 2.45) is 0 Å². The predicted octanol–water partition coefficient (Wildman–Crippen LogP) is 3.78. The number of hydrogen-bond donors (Lipinski definition) is 1. The van der Waals surface area contributed by atoms with Crippen molar-refractivity contribution >= 4 is 11.3 Å². The fourth-order valence-electron chi connectivity index (χ4n) is 2.30. The second kappa shape index (κ2) is 7.57. The lowest BCUT2D eigenvalue weighted by atomic mass is 9.94. The highest BCUT2D eigenvalue weighted by Gasteiger charge is 2.14. The molecule has 2 aromatic rings. The molecule has 0 aliphatic rings. The van der Waals surface area contributed by atoms with E-state index in [9.17, 15) is 0 Å². The van der Waals surface area contributed by atoms with Crippen LogP contribution in [0.15, 0.2) is 30.5 Å². The molecule has 21 heavy (non-hydrogen) atoms. The van der Waals surface area contributed by atoms with Gasteiger partial charge in [-0.15, -0.1) is 11.3 Å². The normalized spacial score (nSPS) is 13.9. The molecule has 114 valence electrons. The summed E-state index contributed by atoms with van der Waals surface area (Å²) in [5, 5.41) is 4.81. The van der Waals surface area contributed by atoms with Gasteiger partial charge in [0.05, 0.1) is 12.1 Å². The van der Waals surface area contributed by atoms with Crippen LogP contribution in [0.2, 0.25) is 0 Å². The highest BCUT2D eigenvalue weighted by atomic mass is 32.1. The molecule has 2 atom stereocenters. The average Bonchev–Trinajstić information content (AvgIpc) is 2.92. The number of nitrogens with zero attached hydrogens (tertiary/aromatic N) is 1. The van der Waals surface area contributed by atoms with E-state index in [1.165, 1.54) is 15.4 Å². The number of benzene rings is 1. The molecule has 0 aliphatic heterocycles. The minimum Gasteiger partial charge on any atom is -0.497 e. The molecule has 0 spiro atoms. The van der Waals surface area contributed by atoms with Gasteiger partial charge in [0, 0.05) is 30.1 Å². The van der Waals surface area contributed by atoms with E-state index in [-0.39, 0.29) is 0 Å². The molecule has 0 fully saturated rings. The van der Waals surface area contributed by atoms with Crippen molar-refractivity contribution in [3.05, 3.63) is 45.9 Å². The highest BCUT2D eigenvalue weighted by molar-refractivity contribution is 7.11. The third-order valence-corrected chi connectivity index (χ3v) is 4.84. The second-order valence-electron chi connectivity index (χ2n) is 5.42. The standard InChI is InChI=1S/C17H24N2OS/c1-12-11-19-17(21-12)9-10-18-14(3)13(2)15-5-7-16(20-4)8-6-15/h5-8,11,13-14,18H,9-10H2,1-4H3. The van der Waals surface area contributed by atoms with E-state index in [0.717, 1.165) is 18.7 Å². The van der Waals surface area contributed by atoms with Crippen molar-refractivity contribution in [3.63, 3.8) is 0 Å². The zero-order chi connectivity index (χ0) is 15.2. The maximum absolute atomic E-state index is 5.20. The van der Waals surface area contributed by atoms with Crippen molar-refractivity contribution in [2.75, 3.05) is 13.7 Å². The molecule has 0 amide bonds. The number of aryl methyl sites for hydroxylation is 1. The summed E-state index contributed by atoms with van der Waals surface area (Å²) in [6, 6.07) is 8.77. The third kappa shape index (κ3) is 4.55. The number of nitrogens with one attached hydrogen (secondary N) is 1. The fraction of sp³-hybridized carbons (Fsp3) is 0.471. The Morgan fingerprint density at radius 1 is 1.24 bits per heavy atom. The van der Waals surface area contributed by atoms with Crippen LogP contribution in [0.25, 0.3) is 0 Å². The first kappa shape index (κ1) is 16.0. The largest absolute Gasteiger partial charge is 0.497 e. The summed E-state index contributed by atoms with van der Waals surface area (Å²) in [6.45, 7) is 7.56. The SMILES string of the molecule is COc1ccc(C(C)C(C)NCCc2ncc(C)s2)cc1. The van der Waals surface area contributed by atoms with Crippen LogP contribution in [0, 0.1) is 6.92 Å². The van der Waals surface area contributed by atoms with E-state index in [1.807, 2.05) is 18.3 Å². The summed E-state index contributed by atoms with van der Waals surface area (Å²) < 4.78 is 5.20. The molecule has 1 aromatic heterocycles. The molecular formula is C17H24N2OS. The summed E-state index contributed by atoms with van der Waals surface area (Å²) in [5.41, 5.74) is 1.33. The first-order valence-electron chi connectivity index (χ1n) is 7.38. The Kier molecular flexibility index (Phi) is 5.76. The average molecular weight is 304 g/mol. The number of rotatable bonds is 7. The molecule has 2 rings (SSSR count). The maximum Gasteiger partial charge on any atom is 0.118 e. The number of ether oxygens (including phenoxy) is 1. The van der Waals surface area contributed by atoms with Gasteiger partial charge in [-0.25, -0.2) is 4.98 Å². The number of methoxy groups -OCH3 is 1. The monoisotopic (exact) mass is 304 g/mol. The summed E-state index contributed by atoms with van der Waals surface area (Å²) >= 11 is 1.78. The van der Waals surface area contributed by atoms with Crippen LogP contribution in [-0.2, 0) is 6.42 Å². The predicted molar refractivity (Wildman–Crippen MR) is 89.4 cm³/mol. The molecule has 0 bridgehead atoms. The Labute approximate surface area is 131 Å². The molecule has 2 unspecified atom stereocenters. The highest BCUT2D eigenvalue weighted by Crippen LogP contribution is 2.22. The van der Waals surface area contributed by atoms with Crippen molar-refractivity contribution in [2.45, 2.75) is 39.2 Å². The molecule has 0 saturated heterocycles. The van der Waals surface area contributed by atoms with Gasteiger partial charge in [0.2, 0.25) is 0 Å². The second-order valence-corrected chi connectivity index (χ2v) is 6.74. The molecule has 0 saturated carbocycles. The summed E-state index contributed by atoms with van der Waals surface area (Å²) in [4.78, 5) is 5.68. The van der Waals surface area contributed by atoms with Gasteiger partial charge in [0.1, 0.15) is 5.75 Å². The van der Waals surface area contributed by atoms with Crippen molar-refractivity contribution in [3.8, 4) is 5.75 Å². The third-order valence-electron chi connectivity index (χ3n) is 3.87. The molecule has 0 radical (unpaired) electrons. The van der Waals surface area contributed by atoms with Crippen molar-refractivity contribution < 1.29 is 4.74 Å². The van der Waals surface area contributed by atoms with Crippen molar-refractivity contribution in [1.29, 1.82) is 0 Å². The molecule has 1 heterocycles. The van der Waals surface area contributed by atoms with E-state index in [1.54, 1.807) is 18.4 Å². The Morgan fingerprint density at radius 2 is 1.95 bits per heavy atom. The van der Waals surface area contributed by atoms with Crippen LogP contribution in [0.5, 0.6) is 5.75 Å². The molecule has 0 aliphatic carbocycles. The van der Waals surface area contributed by atoms with Gasteiger partial charge in [-0.1, -0.05) is 19.1 Å². The Morgan fingerprint density at radius 3 is 2.52 bits per heavy atom. The van der Waals surface area contributed by atoms with Crippen LogP contribution in [0.4, 0.5) is 0 Å². The van der Waals surface area contributed by atoms with E-state index < -0.39 is 0 Å². The van der Waals surface area contributed by atoms with E-state index in [4.69, 9.17) is 4.74 Å².